The summed E-state index contributed by atoms with van der Waals surface area (Å²) in [6, 6.07) is 0. The summed E-state index contributed by atoms with van der Waals surface area (Å²) in [4.78, 5) is 73.3. The summed E-state index contributed by atoms with van der Waals surface area (Å²) >= 11 is 0. The molecule has 17 nitrogen and oxygen atoms in total. The van der Waals surface area contributed by atoms with Crippen molar-refractivity contribution >= 4 is 39.5 Å². The number of hydrogen-bond acceptors (Lipinski definition) is 15. The number of phosphoric ester groups is 2. The average molecular weight is 1590 g/mol. The van der Waals surface area contributed by atoms with Crippen LogP contribution in [-0.4, -0.2) is 96.7 Å². The molecule has 3 N–H and O–H groups in total. The Morgan fingerprint density at radius 3 is 0.780 bits per heavy atom. The summed E-state index contributed by atoms with van der Waals surface area (Å²) in [5.41, 5.74) is 0. The van der Waals surface area contributed by atoms with Crippen molar-refractivity contribution in [3.05, 3.63) is 24.3 Å². The second-order valence-corrected chi connectivity index (χ2v) is 34.8. The van der Waals surface area contributed by atoms with Gasteiger partial charge in [-0.2, -0.15) is 0 Å². The first-order chi connectivity index (χ1) is 53.1. The zero-order valence-electron chi connectivity index (χ0n) is 71.2. The predicted molar refractivity (Wildman–Crippen MR) is 451 cm³/mol. The van der Waals surface area contributed by atoms with Crippen LogP contribution in [0.5, 0.6) is 0 Å². The van der Waals surface area contributed by atoms with Crippen LogP contribution in [0.2, 0.25) is 0 Å². The van der Waals surface area contributed by atoms with Gasteiger partial charge >= 0.3 is 39.5 Å². The number of rotatable bonds is 88. The molecule has 0 aromatic carbocycles. The van der Waals surface area contributed by atoms with Gasteiger partial charge in [-0.05, 0) is 57.3 Å². The lowest BCUT2D eigenvalue weighted by atomic mass is 9.99. The first-order valence-corrected chi connectivity index (χ1v) is 49.0. The Morgan fingerprint density at radius 2 is 0.514 bits per heavy atom. The molecule has 0 rings (SSSR count). The van der Waals surface area contributed by atoms with Gasteiger partial charge in [-0.3, -0.25) is 37.3 Å². The number of ether oxygens (including phenoxy) is 4. The molecule has 0 radical (unpaired) electrons. The third-order valence-electron chi connectivity index (χ3n) is 21.0. The van der Waals surface area contributed by atoms with Gasteiger partial charge in [0.15, 0.2) is 12.2 Å². The summed E-state index contributed by atoms with van der Waals surface area (Å²) in [6.07, 6.45) is 79.9. The van der Waals surface area contributed by atoms with Gasteiger partial charge in [0.05, 0.1) is 26.4 Å². The van der Waals surface area contributed by atoms with Crippen LogP contribution < -0.4 is 0 Å². The van der Waals surface area contributed by atoms with Crippen molar-refractivity contribution < 1.29 is 80.2 Å². The van der Waals surface area contributed by atoms with Crippen molar-refractivity contribution in [3.8, 4) is 0 Å². The summed E-state index contributed by atoms with van der Waals surface area (Å²) in [5.74, 6) is -1.26. The molecule has 0 aliphatic carbocycles. The maximum Gasteiger partial charge on any atom is 0.472 e. The molecule has 0 amide bonds. The lowest BCUT2D eigenvalue weighted by Crippen LogP contribution is -2.30. The second kappa shape index (κ2) is 82.1. The fourth-order valence-electron chi connectivity index (χ4n) is 13.6. The number of hydrogen-bond donors (Lipinski definition) is 3. The molecule has 0 aromatic heterocycles. The van der Waals surface area contributed by atoms with Crippen molar-refractivity contribution in [1.29, 1.82) is 0 Å². The minimum atomic E-state index is -4.97. The monoisotopic (exact) mass is 1590 g/mol. The molecule has 0 bridgehead atoms. The Balaban J connectivity index is 5.26. The fraction of sp³-hybridized carbons (Fsp3) is 0.911. The minimum Gasteiger partial charge on any atom is -0.462 e. The highest BCUT2D eigenvalue weighted by atomic mass is 31.2. The Labute approximate surface area is 669 Å². The lowest BCUT2D eigenvalue weighted by Gasteiger charge is -2.21. The molecule has 0 spiro atoms. The average Bonchev–Trinajstić information content (AvgIpc) is 0.899. The molecule has 0 aliphatic rings. The maximum atomic E-state index is 13.2. The Hall–Kier alpha value is -2.46. The van der Waals surface area contributed by atoms with Crippen LogP contribution in [-0.2, 0) is 65.4 Å². The van der Waals surface area contributed by atoms with Crippen LogP contribution in [0.25, 0.3) is 0 Å². The highest BCUT2D eigenvalue weighted by Crippen LogP contribution is 2.45. The summed E-state index contributed by atoms with van der Waals surface area (Å²) in [5, 5.41) is 10.7. The molecule has 644 valence electrons. The first-order valence-electron chi connectivity index (χ1n) is 46.0. The van der Waals surface area contributed by atoms with Gasteiger partial charge in [-0.25, -0.2) is 9.13 Å². The standard InChI is InChI=1S/C90H172O17P2/c1-6-10-13-16-19-22-25-28-30-31-32-33-37-41-44-49-54-59-64-69-74-88(93)101-80-86(107-90(95)76-71-66-61-56-51-46-42-38-35-34-36-40-43-47-52-57-62-67-72-83(5)9-4)82-105-109(98,99)103-78-84(91)77-102-108(96,97)104-81-85(79-100-87(92)73-68-63-58-53-48-27-24-21-18-15-12-8-3)106-89(94)75-70-65-60-55-50-45-39-29-26-23-20-17-14-11-7-2/h23,26,29,39,83-86,91H,6-22,24-25,27-28,30-38,40-82H2,1-5H3,(H,96,97)(H,98,99)/b26-23-,39-29-/t83?,84-,85+,86+/m0/s1. The largest absolute Gasteiger partial charge is 0.472 e. The molecule has 3 unspecified atom stereocenters. The molecular weight excluding hydrogens is 1410 g/mol. The van der Waals surface area contributed by atoms with Gasteiger partial charge < -0.3 is 33.8 Å². The number of allylic oxidation sites excluding steroid dienone is 4. The van der Waals surface area contributed by atoms with Gasteiger partial charge in [0.25, 0.3) is 0 Å². The number of aliphatic hydroxyl groups excluding tert-OH is 1. The van der Waals surface area contributed by atoms with E-state index in [0.29, 0.717) is 25.7 Å². The predicted octanol–water partition coefficient (Wildman–Crippen LogP) is 27.5. The van der Waals surface area contributed by atoms with Gasteiger partial charge in [0, 0.05) is 25.7 Å². The van der Waals surface area contributed by atoms with Crippen LogP contribution in [0.15, 0.2) is 24.3 Å². The number of esters is 4. The minimum absolute atomic E-state index is 0.0859. The van der Waals surface area contributed by atoms with Gasteiger partial charge in [-0.15, -0.1) is 0 Å². The first kappa shape index (κ1) is 107. The molecule has 0 saturated heterocycles. The Morgan fingerprint density at radius 1 is 0.294 bits per heavy atom. The maximum absolute atomic E-state index is 13.2. The normalized spacial score (nSPS) is 14.1. The number of unbranched alkanes of at least 4 members (excludes halogenated alkanes) is 56. The fourth-order valence-corrected chi connectivity index (χ4v) is 15.2. The van der Waals surface area contributed by atoms with Crippen LogP contribution in [0, 0.1) is 5.92 Å². The number of phosphoric acid groups is 2. The van der Waals surface area contributed by atoms with Crippen molar-refractivity contribution in [1.82, 2.24) is 0 Å². The zero-order chi connectivity index (χ0) is 79.7. The molecule has 0 aromatic rings. The third-order valence-corrected chi connectivity index (χ3v) is 22.9. The third kappa shape index (κ3) is 81.9. The summed E-state index contributed by atoms with van der Waals surface area (Å²) < 4.78 is 69.0. The van der Waals surface area contributed by atoms with Crippen LogP contribution in [0.4, 0.5) is 0 Å². The van der Waals surface area contributed by atoms with Gasteiger partial charge in [-0.1, -0.05) is 412 Å². The van der Waals surface area contributed by atoms with Gasteiger partial charge in [0.1, 0.15) is 19.3 Å². The molecule has 0 heterocycles. The molecule has 0 aliphatic heterocycles. The van der Waals surface area contributed by atoms with Crippen molar-refractivity contribution in [2.75, 3.05) is 39.6 Å². The van der Waals surface area contributed by atoms with E-state index in [0.717, 1.165) is 109 Å². The van der Waals surface area contributed by atoms with Crippen LogP contribution in [0.3, 0.4) is 0 Å². The number of aliphatic hydroxyl groups is 1. The summed E-state index contributed by atoms with van der Waals surface area (Å²) in [6.45, 7) is 7.39. The molecule has 6 atom stereocenters. The molecule has 19 heteroatoms. The van der Waals surface area contributed by atoms with E-state index in [9.17, 15) is 43.2 Å². The van der Waals surface area contributed by atoms with Crippen LogP contribution >= 0.6 is 15.6 Å². The molecular formula is C90H172O17P2. The van der Waals surface area contributed by atoms with Crippen molar-refractivity contribution in [2.45, 2.75) is 483 Å². The zero-order valence-corrected chi connectivity index (χ0v) is 73.0. The Kier molecular flexibility index (Phi) is 80.2. The van der Waals surface area contributed by atoms with E-state index in [1.165, 1.54) is 276 Å². The number of carbonyl (C=O) groups is 4. The highest BCUT2D eigenvalue weighted by Gasteiger charge is 2.30. The van der Waals surface area contributed by atoms with E-state index >= 15 is 0 Å². The van der Waals surface area contributed by atoms with Gasteiger partial charge in [0.2, 0.25) is 0 Å². The SMILES string of the molecule is CCCCCC/C=C\C=C/CCCCCCCC(=O)O[C@H](COC(=O)CCCCCCCCCCCCCC)COP(=O)(O)OC[C@H](O)COP(=O)(O)OC[C@@H](COC(=O)CCCCCCCCCCCCCCCCCCCCCC)OC(=O)CCCCCCCCCCCCCCCCCCCCC(C)CC. The van der Waals surface area contributed by atoms with E-state index in [2.05, 4.69) is 58.9 Å². The van der Waals surface area contributed by atoms with Crippen LogP contribution in [0.1, 0.15) is 465 Å². The summed E-state index contributed by atoms with van der Waals surface area (Å²) in [7, 11) is -9.94. The quantitative estimate of drug-likeness (QED) is 0.0169. The Bertz CT molecular complexity index is 2160. The molecule has 0 saturated carbocycles. The van der Waals surface area contributed by atoms with Crippen molar-refractivity contribution in [3.63, 3.8) is 0 Å². The topological polar surface area (TPSA) is 237 Å². The van der Waals surface area contributed by atoms with E-state index in [-0.39, 0.29) is 25.7 Å². The molecule has 0 fully saturated rings. The molecule has 109 heavy (non-hydrogen) atoms. The van der Waals surface area contributed by atoms with Crippen molar-refractivity contribution in [2.24, 2.45) is 5.92 Å². The van der Waals surface area contributed by atoms with E-state index in [1.807, 2.05) is 0 Å². The van der Waals surface area contributed by atoms with E-state index < -0.39 is 97.5 Å². The van der Waals surface area contributed by atoms with E-state index in [4.69, 9.17) is 37.0 Å². The highest BCUT2D eigenvalue weighted by molar-refractivity contribution is 7.47. The smallest absolute Gasteiger partial charge is 0.462 e. The lowest BCUT2D eigenvalue weighted by molar-refractivity contribution is -0.161. The second-order valence-electron chi connectivity index (χ2n) is 31.9. The number of carbonyl (C=O) groups excluding carboxylic acids is 4. The van der Waals surface area contributed by atoms with E-state index in [1.54, 1.807) is 0 Å².